The molecule has 0 amide bonds. The van der Waals surface area contributed by atoms with Gasteiger partial charge in [-0.1, -0.05) is 26.0 Å². The molecular weight excluding hydrogens is 282 g/mol. The van der Waals surface area contributed by atoms with Gasteiger partial charge in [0, 0.05) is 5.39 Å². The number of fused-ring (bicyclic) bond motifs is 3. The number of nitrogens with zero attached hydrogens (tertiary/aromatic N) is 2. The number of hydrogen-bond acceptors (Lipinski definition) is 6. The molecule has 114 valence electrons. The molecule has 1 atom stereocenters. The maximum Gasteiger partial charge on any atom is 0.196 e. The van der Waals surface area contributed by atoms with Gasteiger partial charge in [0.25, 0.3) is 0 Å². The zero-order valence-corrected chi connectivity index (χ0v) is 12.4. The van der Waals surface area contributed by atoms with E-state index < -0.39 is 12.0 Å². The van der Waals surface area contributed by atoms with Gasteiger partial charge in [-0.3, -0.25) is 0 Å². The van der Waals surface area contributed by atoms with Crippen LogP contribution in [0.4, 0.5) is 5.82 Å². The summed E-state index contributed by atoms with van der Waals surface area (Å²) in [6.45, 7) is 3.91. The highest BCUT2D eigenvalue weighted by molar-refractivity contribution is 6.05. The Morgan fingerprint density at radius 3 is 2.82 bits per heavy atom. The highest BCUT2D eigenvalue weighted by Crippen LogP contribution is 2.30. The number of para-hydroxylation sites is 1. The number of carbonyl (C=O) groups excluding carboxylic acids is 1. The Morgan fingerprint density at radius 2 is 2.09 bits per heavy atom. The van der Waals surface area contributed by atoms with Crippen LogP contribution in [0.3, 0.4) is 0 Å². The van der Waals surface area contributed by atoms with Gasteiger partial charge in [0.1, 0.15) is 17.4 Å². The molecule has 0 aliphatic carbocycles. The minimum Gasteiger partial charge on any atom is -0.548 e. The molecule has 0 bridgehead atoms. The molecule has 1 aromatic carbocycles. The first-order valence-corrected chi connectivity index (χ1v) is 7.16. The minimum absolute atomic E-state index is 0.211. The first-order valence-electron chi connectivity index (χ1n) is 7.16. The molecule has 0 aliphatic rings. The van der Waals surface area contributed by atoms with Gasteiger partial charge in [-0.05, 0) is 24.5 Å². The van der Waals surface area contributed by atoms with E-state index in [0.29, 0.717) is 28.9 Å². The number of furan rings is 1. The molecule has 1 N–H and O–H groups in total. The van der Waals surface area contributed by atoms with Gasteiger partial charge in [0.2, 0.25) is 0 Å². The SMILES string of the molecule is CC(C)C[C@H](Nc1ncnc2c1oc1ccccc12)C(=O)[O-]. The summed E-state index contributed by atoms with van der Waals surface area (Å²) in [5, 5.41) is 15.1. The third-order valence-corrected chi connectivity index (χ3v) is 3.46. The minimum atomic E-state index is -1.16. The smallest absolute Gasteiger partial charge is 0.196 e. The zero-order valence-electron chi connectivity index (χ0n) is 12.4. The molecule has 22 heavy (non-hydrogen) atoms. The van der Waals surface area contributed by atoms with Crippen LogP contribution in [0.2, 0.25) is 0 Å². The predicted octanol–water partition coefficient (Wildman–Crippen LogP) is 1.95. The highest BCUT2D eigenvalue weighted by Gasteiger charge is 2.17. The van der Waals surface area contributed by atoms with Crippen molar-refractivity contribution >= 4 is 33.9 Å². The van der Waals surface area contributed by atoms with Crippen molar-refractivity contribution in [2.45, 2.75) is 26.3 Å². The van der Waals surface area contributed by atoms with Gasteiger partial charge in [-0.2, -0.15) is 0 Å². The number of aromatic nitrogens is 2. The molecule has 0 saturated carbocycles. The average molecular weight is 298 g/mol. The molecule has 2 aromatic heterocycles. The molecule has 0 spiro atoms. The standard InChI is InChI=1S/C16H17N3O3/c1-9(2)7-11(16(20)21)19-15-14-13(17-8-18-15)10-5-3-4-6-12(10)22-14/h3-6,8-9,11H,7H2,1-2H3,(H,20,21)(H,17,18,19)/p-1/t11-/m0/s1. The van der Waals surface area contributed by atoms with E-state index in [1.54, 1.807) is 0 Å². The molecule has 0 radical (unpaired) electrons. The number of rotatable bonds is 5. The summed E-state index contributed by atoms with van der Waals surface area (Å²) in [4.78, 5) is 19.7. The Labute approximate surface area is 127 Å². The van der Waals surface area contributed by atoms with Crippen molar-refractivity contribution in [1.82, 2.24) is 9.97 Å². The topological polar surface area (TPSA) is 91.1 Å². The lowest BCUT2D eigenvalue weighted by atomic mass is 10.0. The van der Waals surface area contributed by atoms with Gasteiger partial charge >= 0.3 is 0 Å². The number of carboxylic acids is 1. The van der Waals surface area contributed by atoms with E-state index in [1.165, 1.54) is 6.33 Å². The second-order valence-corrected chi connectivity index (χ2v) is 5.64. The first kappa shape index (κ1) is 14.3. The summed E-state index contributed by atoms with van der Waals surface area (Å²) in [6.07, 6.45) is 1.84. The predicted molar refractivity (Wildman–Crippen MR) is 81.2 cm³/mol. The zero-order chi connectivity index (χ0) is 15.7. The van der Waals surface area contributed by atoms with Crippen molar-refractivity contribution in [3.8, 4) is 0 Å². The number of hydrogen-bond donors (Lipinski definition) is 1. The van der Waals surface area contributed by atoms with Crippen LogP contribution < -0.4 is 10.4 Å². The van der Waals surface area contributed by atoms with Gasteiger partial charge in [0.15, 0.2) is 11.4 Å². The Balaban J connectivity index is 2.05. The Morgan fingerprint density at radius 1 is 1.32 bits per heavy atom. The molecule has 6 nitrogen and oxygen atoms in total. The molecule has 3 rings (SSSR count). The van der Waals surface area contributed by atoms with E-state index in [1.807, 2.05) is 38.1 Å². The number of nitrogens with one attached hydrogen (secondary N) is 1. The third-order valence-electron chi connectivity index (χ3n) is 3.46. The lowest BCUT2D eigenvalue weighted by Crippen LogP contribution is -2.41. The number of aliphatic carboxylic acids is 1. The second-order valence-electron chi connectivity index (χ2n) is 5.64. The molecule has 3 aromatic rings. The third kappa shape index (κ3) is 2.59. The Hall–Kier alpha value is -2.63. The number of anilines is 1. The molecule has 0 fully saturated rings. The fourth-order valence-electron chi connectivity index (χ4n) is 2.48. The van der Waals surface area contributed by atoms with Gasteiger partial charge in [-0.15, -0.1) is 0 Å². The van der Waals surface area contributed by atoms with Crippen molar-refractivity contribution < 1.29 is 14.3 Å². The van der Waals surface area contributed by atoms with E-state index in [2.05, 4.69) is 15.3 Å². The van der Waals surface area contributed by atoms with E-state index in [-0.39, 0.29) is 5.92 Å². The van der Waals surface area contributed by atoms with Crippen LogP contribution in [-0.4, -0.2) is 22.0 Å². The van der Waals surface area contributed by atoms with Crippen LogP contribution in [0.5, 0.6) is 0 Å². The number of benzene rings is 1. The number of carboxylic acid groups (broad SMARTS) is 1. The maximum atomic E-state index is 11.3. The van der Waals surface area contributed by atoms with Crippen LogP contribution in [-0.2, 0) is 4.79 Å². The molecule has 0 aliphatic heterocycles. The number of carbonyl (C=O) groups is 1. The van der Waals surface area contributed by atoms with E-state index >= 15 is 0 Å². The van der Waals surface area contributed by atoms with E-state index in [9.17, 15) is 9.90 Å². The molecule has 0 saturated heterocycles. The van der Waals surface area contributed by atoms with Crippen molar-refractivity contribution in [3.63, 3.8) is 0 Å². The summed E-state index contributed by atoms with van der Waals surface area (Å²) in [7, 11) is 0. The first-order chi connectivity index (χ1) is 10.6. The lowest BCUT2D eigenvalue weighted by Gasteiger charge is -2.21. The molecular formula is C16H16N3O3-. The van der Waals surface area contributed by atoms with Gasteiger partial charge in [0.05, 0.1) is 12.0 Å². The normalized spacial score (nSPS) is 12.9. The van der Waals surface area contributed by atoms with Gasteiger partial charge in [-0.25, -0.2) is 9.97 Å². The van der Waals surface area contributed by atoms with Crippen LogP contribution >= 0.6 is 0 Å². The summed E-state index contributed by atoms with van der Waals surface area (Å²) in [5.41, 5.74) is 1.81. The molecule has 2 heterocycles. The van der Waals surface area contributed by atoms with Crippen LogP contribution in [0, 0.1) is 5.92 Å². The summed E-state index contributed by atoms with van der Waals surface area (Å²) >= 11 is 0. The summed E-state index contributed by atoms with van der Waals surface area (Å²) in [6, 6.07) is 6.68. The van der Waals surface area contributed by atoms with Crippen molar-refractivity contribution in [2.24, 2.45) is 5.92 Å². The molecule has 6 heteroatoms. The fourth-order valence-corrected chi connectivity index (χ4v) is 2.48. The van der Waals surface area contributed by atoms with Gasteiger partial charge < -0.3 is 19.6 Å². The van der Waals surface area contributed by atoms with Crippen LogP contribution in [0.15, 0.2) is 35.0 Å². The van der Waals surface area contributed by atoms with Crippen molar-refractivity contribution in [3.05, 3.63) is 30.6 Å². The Bertz CT molecular complexity index is 826. The Kier molecular flexibility index (Phi) is 3.66. The maximum absolute atomic E-state index is 11.3. The second kappa shape index (κ2) is 5.63. The van der Waals surface area contributed by atoms with Crippen LogP contribution in [0.25, 0.3) is 22.1 Å². The van der Waals surface area contributed by atoms with Crippen molar-refractivity contribution in [2.75, 3.05) is 5.32 Å². The van der Waals surface area contributed by atoms with Crippen LogP contribution in [0.1, 0.15) is 20.3 Å². The fraction of sp³-hybridized carbons (Fsp3) is 0.312. The average Bonchev–Trinajstić information content (AvgIpc) is 2.86. The molecule has 0 unspecified atom stereocenters. The van der Waals surface area contributed by atoms with Crippen molar-refractivity contribution in [1.29, 1.82) is 0 Å². The summed E-state index contributed by atoms with van der Waals surface area (Å²) in [5.74, 6) is -0.573. The monoisotopic (exact) mass is 298 g/mol. The lowest BCUT2D eigenvalue weighted by molar-refractivity contribution is -0.307. The quantitative estimate of drug-likeness (QED) is 0.774. The van der Waals surface area contributed by atoms with E-state index in [4.69, 9.17) is 4.42 Å². The van der Waals surface area contributed by atoms with E-state index in [0.717, 1.165) is 5.39 Å². The summed E-state index contributed by atoms with van der Waals surface area (Å²) < 4.78 is 5.77. The largest absolute Gasteiger partial charge is 0.548 e. The highest BCUT2D eigenvalue weighted by atomic mass is 16.4.